The molecule has 4 heteroatoms. The van der Waals surface area contributed by atoms with E-state index >= 15 is 0 Å². The first kappa shape index (κ1) is 13.0. The summed E-state index contributed by atoms with van der Waals surface area (Å²) in [7, 11) is 1.66. The van der Waals surface area contributed by atoms with Crippen LogP contribution in [0.1, 0.15) is 45.9 Å². The number of hydrogen-bond donors (Lipinski definition) is 1. The van der Waals surface area contributed by atoms with Crippen LogP contribution in [0.4, 0.5) is 0 Å². The monoisotopic (exact) mass is 225 g/mol. The molecule has 1 aromatic heterocycles. The van der Waals surface area contributed by atoms with E-state index in [1.165, 1.54) is 0 Å². The fourth-order valence-corrected chi connectivity index (χ4v) is 1.69. The van der Waals surface area contributed by atoms with Gasteiger partial charge in [0.1, 0.15) is 0 Å². The summed E-state index contributed by atoms with van der Waals surface area (Å²) in [5, 5.41) is 4.29. The smallest absolute Gasteiger partial charge is 0.161 e. The number of nitrogens with two attached hydrogens (primary N) is 1. The van der Waals surface area contributed by atoms with Crippen LogP contribution >= 0.6 is 0 Å². The molecular formula is C12H23N3O. The lowest BCUT2D eigenvalue weighted by molar-refractivity contribution is 0.259. The van der Waals surface area contributed by atoms with Gasteiger partial charge in [0.05, 0.1) is 25.0 Å². The van der Waals surface area contributed by atoms with Crippen LogP contribution in [0.2, 0.25) is 0 Å². The maximum Gasteiger partial charge on any atom is 0.161 e. The molecule has 0 saturated heterocycles. The van der Waals surface area contributed by atoms with Gasteiger partial charge in [-0.15, -0.1) is 0 Å². The van der Waals surface area contributed by atoms with E-state index in [9.17, 15) is 0 Å². The third-order valence-electron chi connectivity index (χ3n) is 3.41. The molecule has 0 fully saturated rings. The van der Waals surface area contributed by atoms with Gasteiger partial charge >= 0.3 is 0 Å². The van der Waals surface area contributed by atoms with Crippen LogP contribution < -0.4 is 10.5 Å². The third kappa shape index (κ3) is 2.21. The summed E-state index contributed by atoms with van der Waals surface area (Å²) in [4.78, 5) is 0. The van der Waals surface area contributed by atoms with Gasteiger partial charge in [-0.1, -0.05) is 20.8 Å². The quantitative estimate of drug-likeness (QED) is 0.837. The second-order valence-electron chi connectivity index (χ2n) is 4.73. The van der Waals surface area contributed by atoms with E-state index in [0.717, 1.165) is 24.4 Å². The molecule has 1 heterocycles. The molecule has 0 saturated carbocycles. The summed E-state index contributed by atoms with van der Waals surface area (Å²) in [6.45, 7) is 9.36. The highest BCUT2D eigenvalue weighted by molar-refractivity contribution is 5.29. The van der Waals surface area contributed by atoms with E-state index in [1.807, 2.05) is 4.68 Å². The first-order valence-corrected chi connectivity index (χ1v) is 5.83. The summed E-state index contributed by atoms with van der Waals surface area (Å²) in [5.74, 6) is 0.788. The molecule has 0 aliphatic rings. The average Bonchev–Trinajstić information content (AvgIpc) is 2.70. The number of ether oxygens (including phenoxy) is 1. The molecule has 1 unspecified atom stereocenters. The Morgan fingerprint density at radius 2 is 2.12 bits per heavy atom. The summed E-state index contributed by atoms with van der Waals surface area (Å²) in [6.07, 6.45) is 2.76. The predicted octanol–water partition coefficient (Wildman–Crippen LogP) is 2.35. The van der Waals surface area contributed by atoms with Gasteiger partial charge in [-0.2, -0.15) is 5.10 Å². The Hall–Kier alpha value is -1.03. The first-order chi connectivity index (χ1) is 7.47. The average molecular weight is 225 g/mol. The molecule has 0 spiro atoms. The van der Waals surface area contributed by atoms with Crippen molar-refractivity contribution in [3.63, 3.8) is 0 Å². The maximum absolute atomic E-state index is 6.34. The van der Waals surface area contributed by atoms with Gasteiger partial charge in [0.25, 0.3) is 0 Å². The number of methoxy groups -OCH3 is 1. The van der Waals surface area contributed by atoms with Crippen molar-refractivity contribution in [3.05, 3.63) is 11.9 Å². The van der Waals surface area contributed by atoms with Crippen molar-refractivity contribution >= 4 is 0 Å². The standard InChI is InChI=1S/C12H23N3O/c1-6-12(3,4)11(13)10-9(16-5)8-14-15(10)7-2/h8,11H,6-7,13H2,1-5H3. The second kappa shape index (κ2) is 4.87. The van der Waals surface area contributed by atoms with E-state index in [-0.39, 0.29) is 11.5 Å². The van der Waals surface area contributed by atoms with E-state index in [2.05, 4.69) is 32.8 Å². The molecule has 1 atom stereocenters. The van der Waals surface area contributed by atoms with Gasteiger partial charge in [-0.25, -0.2) is 0 Å². The lowest BCUT2D eigenvalue weighted by Gasteiger charge is -2.31. The molecule has 0 aliphatic carbocycles. The summed E-state index contributed by atoms with van der Waals surface area (Å²) in [6, 6.07) is -0.0603. The van der Waals surface area contributed by atoms with E-state index < -0.39 is 0 Å². The zero-order chi connectivity index (χ0) is 12.3. The minimum Gasteiger partial charge on any atom is -0.493 e. The van der Waals surface area contributed by atoms with Crippen LogP contribution in [-0.2, 0) is 6.54 Å². The molecule has 0 amide bonds. The Balaban J connectivity index is 3.14. The largest absolute Gasteiger partial charge is 0.493 e. The van der Waals surface area contributed by atoms with Gasteiger partial charge in [0, 0.05) is 6.54 Å². The van der Waals surface area contributed by atoms with Crippen LogP contribution in [0.25, 0.3) is 0 Å². The van der Waals surface area contributed by atoms with Gasteiger partial charge in [-0.05, 0) is 18.8 Å². The van der Waals surface area contributed by atoms with E-state index in [4.69, 9.17) is 10.5 Å². The van der Waals surface area contributed by atoms with Crippen molar-refractivity contribution in [2.45, 2.75) is 46.7 Å². The van der Waals surface area contributed by atoms with Crippen molar-refractivity contribution in [1.82, 2.24) is 9.78 Å². The number of hydrogen-bond acceptors (Lipinski definition) is 3. The molecule has 0 radical (unpaired) electrons. The van der Waals surface area contributed by atoms with Crippen LogP contribution in [0.15, 0.2) is 6.20 Å². The van der Waals surface area contributed by atoms with Crippen molar-refractivity contribution in [3.8, 4) is 5.75 Å². The zero-order valence-electron chi connectivity index (χ0n) is 10.9. The fourth-order valence-electron chi connectivity index (χ4n) is 1.69. The lowest BCUT2D eigenvalue weighted by atomic mass is 9.80. The number of nitrogens with zero attached hydrogens (tertiary/aromatic N) is 2. The van der Waals surface area contributed by atoms with Crippen molar-refractivity contribution < 1.29 is 4.74 Å². The molecule has 1 aromatic rings. The van der Waals surface area contributed by atoms with Crippen molar-refractivity contribution in [2.24, 2.45) is 11.1 Å². The second-order valence-corrected chi connectivity index (χ2v) is 4.73. The minimum atomic E-state index is -0.0603. The molecule has 4 nitrogen and oxygen atoms in total. The van der Waals surface area contributed by atoms with E-state index in [1.54, 1.807) is 13.3 Å². The van der Waals surface area contributed by atoms with E-state index in [0.29, 0.717) is 0 Å². The van der Waals surface area contributed by atoms with Crippen molar-refractivity contribution in [1.29, 1.82) is 0 Å². The predicted molar refractivity (Wildman–Crippen MR) is 65.5 cm³/mol. The van der Waals surface area contributed by atoms with Gasteiger partial charge < -0.3 is 10.5 Å². The highest BCUT2D eigenvalue weighted by Crippen LogP contribution is 2.38. The Morgan fingerprint density at radius 3 is 2.56 bits per heavy atom. The summed E-state index contributed by atoms with van der Waals surface area (Å²) < 4.78 is 7.24. The van der Waals surface area contributed by atoms with Gasteiger partial charge in [0.15, 0.2) is 5.75 Å². The van der Waals surface area contributed by atoms with Crippen LogP contribution in [0.3, 0.4) is 0 Å². The van der Waals surface area contributed by atoms with Crippen LogP contribution in [0, 0.1) is 5.41 Å². The normalized spacial score (nSPS) is 13.9. The lowest BCUT2D eigenvalue weighted by Crippen LogP contribution is -2.31. The SMILES string of the molecule is CCn1ncc(OC)c1C(N)C(C)(C)CC. The fraction of sp³-hybridized carbons (Fsp3) is 0.750. The van der Waals surface area contributed by atoms with Crippen LogP contribution in [-0.4, -0.2) is 16.9 Å². The zero-order valence-corrected chi connectivity index (χ0v) is 10.9. The maximum atomic E-state index is 6.34. The highest BCUT2D eigenvalue weighted by atomic mass is 16.5. The number of aromatic nitrogens is 2. The molecular weight excluding hydrogens is 202 g/mol. The van der Waals surface area contributed by atoms with Crippen molar-refractivity contribution in [2.75, 3.05) is 7.11 Å². The highest BCUT2D eigenvalue weighted by Gasteiger charge is 2.31. The molecule has 0 aliphatic heterocycles. The van der Waals surface area contributed by atoms with Gasteiger partial charge in [0.2, 0.25) is 0 Å². The Labute approximate surface area is 97.8 Å². The molecule has 1 rings (SSSR count). The molecule has 0 aromatic carbocycles. The summed E-state index contributed by atoms with van der Waals surface area (Å²) >= 11 is 0. The van der Waals surface area contributed by atoms with Gasteiger partial charge in [-0.3, -0.25) is 4.68 Å². The number of rotatable bonds is 5. The third-order valence-corrected chi connectivity index (χ3v) is 3.41. The molecule has 2 N–H and O–H groups in total. The van der Waals surface area contributed by atoms with Crippen LogP contribution in [0.5, 0.6) is 5.75 Å². The number of aryl methyl sites for hydroxylation is 1. The Morgan fingerprint density at radius 1 is 1.50 bits per heavy atom. The molecule has 0 bridgehead atoms. The minimum absolute atomic E-state index is 0.0419. The summed E-state index contributed by atoms with van der Waals surface area (Å²) in [5.41, 5.74) is 7.38. The molecule has 92 valence electrons. The Kier molecular flexibility index (Phi) is 3.97. The topological polar surface area (TPSA) is 53.1 Å². The first-order valence-electron chi connectivity index (χ1n) is 5.83. The molecule has 16 heavy (non-hydrogen) atoms. The Bertz CT molecular complexity index is 323.